The van der Waals surface area contributed by atoms with E-state index >= 15 is 0 Å². The molecule has 1 saturated carbocycles. The second-order valence-corrected chi connectivity index (χ2v) is 10.8. The molecule has 2 aliphatic heterocycles. The SMILES string of the molecule is CC(=O)c1ccc(N2CCN(C(=O)CN3C(=O)N[C@]4(C[C@@H](C)CC(C)(C)C4)C3=O)CC2)c(F)c1. The van der Waals surface area contributed by atoms with Crippen LogP contribution in [0.2, 0.25) is 0 Å². The summed E-state index contributed by atoms with van der Waals surface area (Å²) >= 11 is 0. The van der Waals surface area contributed by atoms with E-state index in [1.165, 1.54) is 13.0 Å². The van der Waals surface area contributed by atoms with E-state index in [4.69, 9.17) is 0 Å². The van der Waals surface area contributed by atoms with E-state index < -0.39 is 17.4 Å². The minimum Gasteiger partial charge on any atom is -0.366 e. The van der Waals surface area contributed by atoms with Gasteiger partial charge < -0.3 is 15.1 Å². The van der Waals surface area contributed by atoms with Gasteiger partial charge in [0.15, 0.2) is 5.78 Å². The fraction of sp³-hybridized carbons (Fsp3) is 0.600. The highest BCUT2D eigenvalue weighted by atomic mass is 19.1. The highest BCUT2D eigenvalue weighted by molar-refractivity contribution is 6.09. The molecule has 2 heterocycles. The van der Waals surface area contributed by atoms with Crippen LogP contribution in [0.3, 0.4) is 0 Å². The molecule has 0 aromatic heterocycles. The van der Waals surface area contributed by atoms with Crippen molar-refractivity contribution < 1.29 is 23.6 Å². The molecule has 3 fully saturated rings. The first-order chi connectivity index (χ1) is 15.9. The van der Waals surface area contributed by atoms with E-state index in [9.17, 15) is 23.6 Å². The zero-order chi connectivity index (χ0) is 24.8. The third kappa shape index (κ3) is 4.52. The number of amides is 4. The summed E-state index contributed by atoms with van der Waals surface area (Å²) in [4.78, 5) is 54.9. The predicted octanol–water partition coefficient (Wildman–Crippen LogP) is 2.81. The number of anilines is 1. The number of halogens is 1. The molecule has 2 atom stereocenters. The van der Waals surface area contributed by atoms with Gasteiger partial charge in [-0.3, -0.25) is 19.3 Å². The minimum atomic E-state index is -0.930. The van der Waals surface area contributed by atoms with Crippen LogP contribution in [0.1, 0.15) is 57.3 Å². The third-order valence-corrected chi connectivity index (χ3v) is 7.24. The van der Waals surface area contributed by atoms with Gasteiger partial charge in [0.2, 0.25) is 5.91 Å². The highest BCUT2D eigenvalue weighted by Gasteiger charge is 2.56. The molecule has 2 saturated heterocycles. The van der Waals surface area contributed by atoms with Gasteiger partial charge in [0.05, 0.1) is 5.69 Å². The van der Waals surface area contributed by atoms with E-state index in [1.54, 1.807) is 17.0 Å². The van der Waals surface area contributed by atoms with Gasteiger partial charge in [0, 0.05) is 31.7 Å². The Balaban J connectivity index is 1.38. The number of rotatable bonds is 4. The van der Waals surface area contributed by atoms with Crippen molar-refractivity contribution in [3.05, 3.63) is 29.6 Å². The average molecular weight is 473 g/mol. The van der Waals surface area contributed by atoms with Crippen molar-refractivity contribution >= 4 is 29.3 Å². The molecule has 4 amide bonds. The molecule has 0 unspecified atom stereocenters. The van der Waals surface area contributed by atoms with Crippen molar-refractivity contribution in [2.24, 2.45) is 11.3 Å². The molecule has 9 heteroatoms. The number of Topliss-reactive ketones (excluding diaryl/α,β-unsaturated/α-hetero) is 1. The maximum atomic E-state index is 14.5. The molecule has 8 nitrogen and oxygen atoms in total. The first-order valence-electron chi connectivity index (χ1n) is 11.9. The number of nitrogens with zero attached hydrogens (tertiary/aromatic N) is 3. The lowest BCUT2D eigenvalue weighted by Gasteiger charge is -2.43. The van der Waals surface area contributed by atoms with Crippen LogP contribution in [0, 0.1) is 17.2 Å². The van der Waals surface area contributed by atoms with E-state index in [0.717, 1.165) is 11.3 Å². The number of urea groups is 1. The van der Waals surface area contributed by atoms with E-state index in [2.05, 4.69) is 26.1 Å². The maximum absolute atomic E-state index is 14.5. The highest BCUT2D eigenvalue weighted by Crippen LogP contribution is 2.46. The molecule has 4 rings (SSSR count). The van der Waals surface area contributed by atoms with Gasteiger partial charge in [0.25, 0.3) is 5.91 Å². The predicted molar refractivity (Wildman–Crippen MR) is 125 cm³/mol. The van der Waals surface area contributed by atoms with E-state index in [-0.39, 0.29) is 29.6 Å². The number of hydrogen-bond donors (Lipinski definition) is 1. The summed E-state index contributed by atoms with van der Waals surface area (Å²) in [7, 11) is 0. The molecule has 1 N–H and O–H groups in total. The lowest BCUT2D eigenvalue weighted by atomic mass is 9.64. The number of piperazine rings is 1. The van der Waals surface area contributed by atoms with Crippen LogP contribution < -0.4 is 10.2 Å². The van der Waals surface area contributed by atoms with Crippen LogP contribution >= 0.6 is 0 Å². The second-order valence-electron chi connectivity index (χ2n) is 10.8. The Morgan fingerprint density at radius 1 is 1.12 bits per heavy atom. The fourth-order valence-electron chi connectivity index (χ4n) is 6.06. The molecule has 1 aliphatic carbocycles. The van der Waals surface area contributed by atoms with Gasteiger partial charge in [-0.2, -0.15) is 0 Å². The third-order valence-electron chi connectivity index (χ3n) is 7.24. The van der Waals surface area contributed by atoms with Gasteiger partial charge in [-0.05, 0) is 55.7 Å². The molecule has 184 valence electrons. The van der Waals surface area contributed by atoms with Gasteiger partial charge in [-0.1, -0.05) is 20.8 Å². The van der Waals surface area contributed by atoms with Gasteiger partial charge in [-0.15, -0.1) is 0 Å². The van der Waals surface area contributed by atoms with Crippen LogP contribution in [-0.2, 0) is 9.59 Å². The van der Waals surface area contributed by atoms with Crippen molar-refractivity contribution in [1.29, 1.82) is 0 Å². The van der Waals surface area contributed by atoms with Crippen molar-refractivity contribution in [3.8, 4) is 0 Å². The first-order valence-corrected chi connectivity index (χ1v) is 11.9. The molecule has 1 spiro atoms. The normalized spacial score (nSPS) is 26.7. The van der Waals surface area contributed by atoms with Gasteiger partial charge in [0.1, 0.15) is 17.9 Å². The summed E-state index contributed by atoms with van der Waals surface area (Å²) in [5.74, 6) is -0.981. The Hall–Kier alpha value is -2.97. The number of nitrogens with one attached hydrogen (secondary N) is 1. The van der Waals surface area contributed by atoms with Gasteiger partial charge in [-0.25, -0.2) is 9.18 Å². The number of hydrogen-bond acceptors (Lipinski definition) is 5. The summed E-state index contributed by atoms with van der Waals surface area (Å²) in [5, 5.41) is 2.90. The first kappa shape index (κ1) is 24.2. The van der Waals surface area contributed by atoms with Crippen LogP contribution in [0.4, 0.5) is 14.9 Å². The number of imide groups is 1. The lowest BCUT2D eigenvalue weighted by Crippen LogP contribution is -2.55. The van der Waals surface area contributed by atoms with E-state index in [1.807, 2.05) is 4.90 Å². The van der Waals surface area contributed by atoms with E-state index in [0.29, 0.717) is 56.2 Å². The molecular formula is C25H33FN4O4. The Bertz CT molecular complexity index is 1030. The Morgan fingerprint density at radius 3 is 2.38 bits per heavy atom. The summed E-state index contributed by atoms with van der Waals surface area (Å²) in [6, 6.07) is 3.91. The van der Waals surface area contributed by atoms with Crippen LogP contribution in [0.25, 0.3) is 0 Å². The maximum Gasteiger partial charge on any atom is 0.325 e. The van der Waals surface area contributed by atoms with Crippen LogP contribution in [0.5, 0.6) is 0 Å². The average Bonchev–Trinajstić information content (AvgIpc) is 2.95. The van der Waals surface area contributed by atoms with Gasteiger partial charge >= 0.3 is 6.03 Å². The Morgan fingerprint density at radius 2 is 1.79 bits per heavy atom. The van der Waals surface area contributed by atoms with Crippen molar-refractivity contribution in [2.75, 3.05) is 37.6 Å². The number of carbonyl (C=O) groups excluding carboxylic acids is 4. The van der Waals surface area contributed by atoms with Crippen LogP contribution in [-0.4, -0.2) is 71.7 Å². The molecule has 0 bridgehead atoms. The fourth-order valence-corrected chi connectivity index (χ4v) is 6.06. The molecule has 1 aromatic rings. The Kier molecular flexibility index (Phi) is 6.16. The second kappa shape index (κ2) is 8.67. The number of carbonyl (C=O) groups is 4. The zero-order valence-electron chi connectivity index (χ0n) is 20.3. The summed E-state index contributed by atoms with van der Waals surface area (Å²) in [5.41, 5.74) is -0.297. The summed E-state index contributed by atoms with van der Waals surface area (Å²) in [6.07, 6.45) is 2.13. The minimum absolute atomic E-state index is 0.0746. The topological polar surface area (TPSA) is 90.0 Å². The lowest BCUT2D eigenvalue weighted by molar-refractivity contribution is -0.140. The molecule has 0 radical (unpaired) electrons. The number of benzene rings is 1. The Labute approximate surface area is 199 Å². The molecule has 1 aromatic carbocycles. The molecular weight excluding hydrogens is 439 g/mol. The van der Waals surface area contributed by atoms with Crippen molar-refractivity contribution in [3.63, 3.8) is 0 Å². The smallest absolute Gasteiger partial charge is 0.325 e. The molecule has 34 heavy (non-hydrogen) atoms. The summed E-state index contributed by atoms with van der Waals surface area (Å²) in [6.45, 7) is 8.94. The largest absolute Gasteiger partial charge is 0.366 e. The molecule has 3 aliphatic rings. The monoisotopic (exact) mass is 472 g/mol. The van der Waals surface area contributed by atoms with Crippen molar-refractivity contribution in [2.45, 2.75) is 52.5 Å². The standard InChI is InChI=1S/C25H33FN4O4/c1-16-12-24(3,4)15-25(13-16)22(33)30(23(34)27-25)14-21(32)29-9-7-28(8-10-29)20-6-5-18(17(2)31)11-19(20)26/h5-6,11,16H,7-10,12-15H2,1-4H3,(H,27,34)/t16-,25-/m0/s1. The van der Waals surface area contributed by atoms with Crippen molar-refractivity contribution in [1.82, 2.24) is 15.1 Å². The van der Waals surface area contributed by atoms with Crippen LogP contribution in [0.15, 0.2) is 18.2 Å². The quantitative estimate of drug-likeness (QED) is 0.538. The zero-order valence-corrected chi connectivity index (χ0v) is 20.3. The number of ketones is 1. The summed E-state index contributed by atoms with van der Waals surface area (Å²) < 4.78 is 14.5.